The normalized spacial score (nSPS) is 13.7. The number of morpholine rings is 1. The van der Waals surface area contributed by atoms with Crippen molar-refractivity contribution in [1.29, 1.82) is 0 Å². The summed E-state index contributed by atoms with van der Waals surface area (Å²) in [6.45, 7) is 2.21. The summed E-state index contributed by atoms with van der Waals surface area (Å²) in [7, 11) is 1.52. The number of methoxy groups -OCH3 is 1. The third-order valence-electron chi connectivity index (χ3n) is 4.75. The lowest BCUT2D eigenvalue weighted by Gasteiger charge is -2.29. The van der Waals surface area contributed by atoms with E-state index in [0.29, 0.717) is 55.1 Å². The van der Waals surface area contributed by atoms with Crippen LogP contribution in [0, 0.1) is 16.2 Å². The minimum atomic E-state index is -0.396. The van der Waals surface area contributed by atoms with Gasteiger partial charge in [0, 0.05) is 37.0 Å². The molecular weight excluding hydrogens is 386 g/mol. The first-order chi connectivity index (χ1) is 14.7. The lowest BCUT2D eigenvalue weighted by atomic mass is 10.1. The summed E-state index contributed by atoms with van der Waals surface area (Å²) in [5.74, 6) is 0.771. The number of nitrogens with zero attached hydrogens (tertiary/aromatic N) is 4. The van der Waals surface area contributed by atoms with E-state index in [9.17, 15) is 10.1 Å². The summed E-state index contributed by atoms with van der Waals surface area (Å²) in [6.07, 6.45) is 1.63. The maximum atomic E-state index is 11.8. The van der Waals surface area contributed by atoms with Crippen molar-refractivity contribution in [3.63, 3.8) is 0 Å². The van der Waals surface area contributed by atoms with Crippen LogP contribution in [0.1, 0.15) is 0 Å². The number of aromatic nitrogens is 2. The molecule has 0 amide bonds. The van der Waals surface area contributed by atoms with E-state index in [1.54, 1.807) is 18.3 Å². The van der Waals surface area contributed by atoms with Crippen LogP contribution in [0.2, 0.25) is 0 Å². The molecule has 1 aliphatic rings. The molecule has 0 bridgehead atoms. The Morgan fingerprint density at radius 1 is 1.30 bits per heavy atom. The predicted octanol–water partition coefficient (Wildman–Crippen LogP) is 3.44. The molecule has 0 spiro atoms. The Morgan fingerprint density at radius 2 is 2.13 bits per heavy atom. The van der Waals surface area contributed by atoms with E-state index in [0.717, 1.165) is 5.56 Å². The lowest BCUT2D eigenvalue weighted by Crippen LogP contribution is -2.36. The molecule has 0 atom stereocenters. The lowest BCUT2D eigenvalue weighted by molar-refractivity contribution is -0.384. The standard InChI is InChI=1S/C21H20N5O4/c1-29-20-14-18(25-9-11-30-12-10-25)19(26(27)28)13-17(20)24-21-22-8-7-16(23-21)15-5-3-2-4-6-15/h2-3,5-8,13-14H,9-12H2,1H3,(H,22,23,24). The summed E-state index contributed by atoms with van der Waals surface area (Å²) in [6, 6.07) is 15.4. The van der Waals surface area contributed by atoms with Gasteiger partial charge in [-0.15, -0.1) is 0 Å². The number of nitro benzene ring substituents is 1. The second-order valence-corrected chi connectivity index (χ2v) is 6.58. The largest absolute Gasteiger partial charge is 0.494 e. The zero-order valence-electron chi connectivity index (χ0n) is 16.4. The van der Waals surface area contributed by atoms with E-state index in [4.69, 9.17) is 9.47 Å². The molecule has 153 valence electrons. The topological polar surface area (TPSA) is 103 Å². The molecule has 1 saturated heterocycles. The Bertz CT molecular complexity index is 1040. The van der Waals surface area contributed by atoms with Crippen LogP contribution >= 0.6 is 0 Å². The highest BCUT2D eigenvalue weighted by molar-refractivity contribution is 5.77. The van der Waals surface area contributed by atoms with Crippen LogP contribution in [0.3, 0.4) is 0 Å². The highest BCUT2D eigenvalue weighted by atomic mass is 16.6. The van der Waals surface area contributed by atoms with Crippen LogP contribution in [0.4, 0.5) is 23.0 Å². The molecule has 1 N–H and O–H groups in total. The van der Waals surface area contributed by atoms with Gasteiger partial charge in [0.05, 0.1) is 36.6 Å². The van der Waals surface area contributed by atoms with E-state index in [2.05, 4.69) is 21.4 Å². The molecule has 1 aromatic heterocycles. The quantitative estimate of drug-likeness (QED) is 0.491. The molecule has 1 aliphatic heterocycles. The van der Waals surface area contributed by atoms with Crippen LogP contribution in [0.25, 0.3) is 11.3 Å². The Labute approximate surface area is 173 Å². The summed E-state index contributed by atoms with van der Waals surface area (Å²) in [5, 5.41) is 14.8. The van der Waals surface area contributed by atoms with Crippen molar-refractivity contribution >= 4 is 23.0 Å². The van der Waals surface area contributed by atoms with Crippen molar-refractivity contribution in [2.24, 2.45) is 0 Å². The molecule has 0 unspecified atom stereocenters. The summed E-state index contributed by atoms with van der Waals surface area (Å²) < 4.78 is 10.8. The van der Waals surface area contributed by atoms with Crippen molar-refractivity contribution in [2.45, 2.75) is 0 Å². The highest BCUT2D eigenvalue weighted by Gasteiger charge is 2.25. The number of rotatable bonds is 6. The Kier molecular flexibility index (Phi) is 5.71. The van der Waals surface area contributed by atoms with E-state index in [1.165, 1.54) is 13.2 Å². The number of hydrogen-bond acceptors (Lipinski definition) is 8. The van der Waals surface area contributed by atoms with Crippen molar-refractivity contribution in [3.05, 3.63) is 64.8 Å². The number of ether oxygens (including phenoxy) is 2. The summed E-state index contributed by atoms with van der Waals surface area (Å²) >= 11 is 0. The molecule has 0 aliphatic carbocycles. The fourth-order valence-electron chi connectivity index (χ4n) is 3.28. The van der Waals surface area contributed by atoms with Crippen molar-refractivity contribution in [1.82, 2.24) is 9.97 Å². The molecule has 4 rings (SSSR count). The first-order valence-corrected chi connectivity index (χ1v) is 9.41. The zero-order valence-corrected chi connectivity index (χ0v) is 16.4. The molecule has 2 aromatic carbocycles. The molecular formula is C21H20N5O4. The Morgan fingerprint density at radius 3 is 2.83 bits per heavy atom. The molecule has 1 fully saturated rings. The van der Waals surface area contributed by atoms with Crippen LogP contribution in [-0.2, 0) is 4.74 Å². The highest BCUT2D eigenvalue weighted by Crippen LogP contribution is 2.39. The van der Waals surface area contributed by atoms with Gasteiger partial charge in [0.2, 0.25) is 5.95 Å². The molecule has 3 aromatic rings. The predicted molar refractivity (Wildman–Crippen MR) is 112 cm³/mol. The van der Waals surface area contributed by atoms with Crippen molar-refractivity contribution in [3.8, 4) is 17.0 Å². The fraction of sp³-hybridized carbons (Fsp3) is 0.238. The number of benzene rings is 2. The number of nitrogens with one attached hydrogen (secondary N) is 1. The van der Waals surface area contributed by atoms with Gasteiger partial charge >= 0.3 is 0 Å². The van der Waals surface area contributed by atoms with Gasteiger partial charge < -0.3 is 19.7 Å². The SMILES string of the molecule is COc1cc(N2CCOCC2)c([N+](=O)[O-])cc1Nc1nccc(-c2c[c]ccc2)n1. The smallest absolute Gasteiger partial charge is 0.294 e. The van der Waals surface area contributed by atoms with Gasteiger partial charge in [-0.2, -0.15) is 0 Å². The fourth-order valence-corrected chi connectivity index (χ4v) is 3.28. The van der Waals surface area contributed by atoms with Crippen LogP contribution < -0.4 is 15.0 Å². The monoisotopic (exact) mass is 406 g/mol. The average Bonchev–Trinajstić information content (AvgIpc) is 2.80. The van der Waals surface area contributed by atoms with Crippen molar-refractivity contribution < 1.29 is 14.4 Å². The van der Waals surface area contributed by atoms with Gasteiger partial charge in [0.15, 0.2) is 0 Å². The van der Waals surface area contributed by atoms with E-state index < -0.39 is 4.92 Å². The number of anilines is 3. The van der Waals surface area contributed by atoms with Gasteiger partial charge in [-0.05, 0) is 18.2 Å². The van der Waals surface area contributed by atoms with E-state index in [1.807, 2.05) is 29.2 Å². The van der Waals surface area contributed by atoms with Crippen LogP contribution in [0.5, 0.6) is 5.75 Å². The number of nitro groups is 1. The van der Waals surface area contributed by atoms with Crippen LogP contribution in [0.15, 0.2) is 48.7 Å². The van der Waals surface area contributed by atoms with Gasteiger partial charge in [0.25, 0.3) is 5.69 Å². The molecule has 9 heteroatoms. The maximum Gasteiger partial charge on any atom is 0.294 e. The maximum absolute atomic E-state index is 11.8. The summed E-state index contributed by atoms with van der Waals surface area (Å²) in [4.78, 5) is 22.0. The third-order valence-corrected chi connectivity index (χ3v) is 4.75. The van der Waals surface area contributed by atoms with Crippen molar-refractivity contribution in [2.75, 3.05) is 43.6 Å². The first kappa shape index (κ1) is 19.6. The minimum Gasteiger partial charge on any atom is -0.494 e. The molecule has 1 radical (unpaired) electrons. The third kappa shape index (κ3) is 4.15. The first-order valence-electron chi connectivity index (χ1n) is 9.41. The number of hydrogen-bond donors (Lipinski definition) is 1. The van der Waals surface area contributed by atoms with Gasteiger partial charge in [-0.1, -0.05) is 18.2 Å². The molecule has 0 saturated carbocycles. The van der Waals surface area contributed by atoms with Gasteiger partial charge in [-0.25, -0.2) is 9.97 Å². The minimum absolute atomic E-state index is 0.0194. The zero-order chi connectivity index (χ0) is 20.9. The Hall–Kier alpha value is -3.72. The Balaban J connectivity index is 1.69. The average molecular weight is 406 g/mol. The molecule has 30 heavy (non-hydrogen) atoms. The second-order valence-electron chi connectivity index (χ2n) is 6.58. The van der Waals surface area contributed by atoms with E-state index >= 15 is 0 Å². The van der Waals surface area contributed by atoms with E-state index in [-0.39, 0.29) is 5.69 Å². The van der Waals surface area contributed by atoms with Gasteiger partial charge in [0.1, 0.15) is 11.4 Å². The summed E-state index contributed by atoms with van der Waals surface area (Å²) in [5.41, 5.74) is 2.50. The molecule has 9 nitrogen and oxygen atoms in total. The van der Waals surface area contributed by atoms with Crippen LogP contribution in [-0.4, -0.2) is 48.3 Å². The second kappa shape index (κ2) is 8.75. The van der Waals surface area contributed by atoms with Gasteiger partial charge in [-0.3, -0.25) is 10.1 Å². The molecule has 2 heterocycles.